The van der Waals surface area contributed by atoms with E-state index in [-0.39, 0.29) is 42.5 Å². The third kappa shape index (κ3) is 10.4. The van der Waals surface area contributed by atoms with Crippen LogP contribution < -0.4 is 16.0 Å². The van der Waals surface area contributed by atoms with E-state index in [0.717, 1.165) is 71.6 Å². The molecule has 1 aliphatic carbocycles. The van der Waals surface area contributed by atoms with Gasteiger partial charge in [-0.3, -0.25) is 19.2 Å². The molecule has 4 amide bonds. The topological polar surface area (TPSA) is 111 Å². The number of nitrogens with zero attached hydrogens (tertiary/aromatic N) is 2. The van der Waals surface area contributed by atoms with E-state index in [1.54, 1.807) is 9.80 Å². The van der Waals surface area contributed by atoms with E-state index in [9.17, 15) is 19.2 Å². The van der Waals surface area contributed by atoms with Crippen molar-refractivity contribution < 1.29 is 19.2 Å². The number of hydrogen-bond acceptors (Lipinski definition) is 5. The number of hydrogen-bond donors (Lipinski definition) is 3. The minimum Gasteiger partial charge on any atom is -0.355 e. The Morgan fingerprint density at radius 2 is 1.67 bits per heavy atom. The molecule has 0 unspecified atom stereocenters. The first-order valence-corrected chi connectivity index (χ1v) is 20.1. The Bertz CT molecular complexity index is 1920. The SMILES string of the molecule is CCCCN(CC(=O)NC1=CCC=C(C2=CCc3cc(NC(=O)[C@@H]4CCCCN4C(=O)[C@H](CC)c4ccccc4)ccc3N2)CC1)C(=O)Cc1ccccc1. The van der Waals surface area contributed by atoms with Crippen LogP contribution >= 0.6 is 0 Å². The van der Waals surface area contributed by atoms with Crippen molar-refractivity contribution in [2.75, 3.05) is 30.3 Å². The molecule has 1 saturated heterocycles. The molecule has 3 aliphatic rings. The molecule has 0 bridgehead atoms. The lowest BCUT2D eigenvalue weighted by Gasteiger charge is -2.37. The molecule has 3 aromatic carbocycles. The maximum Gasteiger partial charge on any atom is 0.247 e. The van der Waals surface area contributed by atoms with Crippen LogP contribution in [0.2, 0.25) is 0 Å². The van der Waals surface area contributed by atoms with Crippen LogP contribution in [0.15, 0.2) is 114 Å². The standard InChI is InChI=1S/C46H55N5O4/c1-3-5-28-50(44(53)30-33-15-8-6-9-16-33)32-43(52)47-37-20-14-19-35(22-24-37)40-26-23-36-31-38(25-27-41(36)49-40)48-45(54)42-21-12-13-29-51(42)46(55)39(4-2)34-17-10-7-11-18-34/h6-11,15-20,25-27,31,39,42,49H,3-5,12-14,21-24,28-30,32H2,1-2H3,(H,47,52)(H,48,54)/t39-,42+/m1/s1. The van der Waals surface area contributed by atoms with E-state index in [4.69, 9.17) is 0 Å². The molecular weight excluding hydrogens is 687 g/mol. The quantitative estimate of drug-likeness (QED) is 0.155. The first kappa shape index (κ1) is 39.3. The number of unbranched alkanes of at least 4 members (excludes halogenated alkanes) is 1. The van der Waals surface area contributed by atoms with Gasteiger partial charge in [0.2, 0.25) is 23.6 Å². The van der Waals surface area contributed by atoms with Crippen molar-refractivity contribution in [2.24, 2.45) is 0 Å². The van der Waals surface area contributed by atoms with Gasteiger partial charge < -0.3 is 25.8 Å². The van der Waals surface area contributed by atoms with Crippen LogP contribution in [0.4, 0.5) is 11.4 Å². The van der Waals surface area contributed by atoms with Crippen LogP contribution in [0.1, 0.15) is 94.2 Å². The van der Waals surface area contributed by atoms with Gasteiger partial charge in [-0.1, -0.05) is 99.2 Å². The Kier molecular flexibility index (Phi) is 13.7. The van der Waals surface area contributed by atoms with Gasteiger partial charge in [0, 0.05) is 35.9 Å². The summed E-state index contributed by atoms with van der Waals surface area (Å²) < 4.78 is 0. The largest absolute Gasteiger partial charge is 0.355 e. The molecule has 2 aliphatic heterocycles. The van der Waals surface area contributed by atoms with E-state index >= 15 is 0 Å². The van der Waals surface area contributed by atoms with E-state index in [1.807, 2.05) is 85.8 Å². The molecule has 0 aromatic heterocycles. The van der Waals surface area contributed by atoms with Crippen molar-refractivity contribution in [3.05, 3.63) is 131 Å². The second kappa shape index (κ2) is 19.2. The van der Waals surface area contributed by atoms with Crippen LogP contribution in [-0.4, -0.2) is 59.1 Å². The molecule has 2 heterocycles. The zero-order valence-electron chi connectivity index (χ0n) is 32.3. The molecule has 0 saturated carbocycles. The fraction of sp³-hybridized carbons (Fsp3) is 0.391. The molecule has 1 fully saturated rings. The minimum atomic E-state index is -0.493. The molecular formula is C46H55N5O4. The zero-order chi connectivity index (χ0) is 38.6. The predicted molar refractivity (Wildman–Crippen MR) is 219 cm³/mol. The first-order valence-electron chi connectivity index (χ1n) is 20.1. The number of carbonyl (C=O) groups is 4. The van der Waals surface area contributed by atoms with Gasteiger partial charge in [-0.2, -0.15) is 0 Å². The van der Waals surface area contributed by atoms with Gasteiger partial charge >= 0.3 is 0 Å². The molecule has 3 N–H and O–H groups in total. The predicted octanol–water partition coefficient (Wildman–Crippen LogP) is 8.03. The second-order valence-electron chi connectivity index (χ2n) is 14.8. The number of likely N-dealkylation sites (tertiary alicyclic amines) is 1. The highest BCUT2D eigenvalue weighted by molar-refractivity contribution is 5.98. The number of rotatable bonds is 14. The Hall–Kier alpha value is -5.44. The van der Waals surface area contributed by atoms with E-state index in [2.05, 4.69) is 41.1 Å². The molecule has 3 aromatic rings. The summed E-state index contributed by atoms with van der Waals surface area (Å²) in [7, 11) is 0. The molecule has 0 spiro atoms. The highest BCUT2D eigenvalue weighted by atomic mass is 16.2. The lowest BCUT2D eigenvalue weighted by molar-refractivity contribution is -0.141. The molecule has 6 rings (SSSR count). The van der Waals surface area contributed by atoms with Crippen LogP contribution in [0, 0.1) is 0 Å². The van der Waals surface area contributed by atoms with Gasteiger partial charge in [0.25, 0.3) is 0 Å². The third-order valence-corrected chi connectivity index (χ3v) is 10.9. The monoisotopic (exact) mass is 741 g/mol. The molecule has 2 atom stereocenters. The van der Waals surface area contributed by atoms with Crippen molar-refractivity contribution in [3.63, 3.8) is 0 Å². The maximum atomic E-state index is 13.8. The summed E-state index contributed by atoms with van der Waals surface area (Å²) >= 11 is 0. The van der Waals surface area contributed by atoms with Crippen LogP contribution in [0.3, 0.4) is 0 Å². The van der Waals surface area contributed by atoms with E-state index in [0.29, 0.717) is 45.2 Å². The minimum absolute atomic E-state index is 0.0263. The molecule has 0 radical (unpaired) electrons. The fourth-order valence-corrected chi connectivity index (χ4v) is 7.80. The first-order chi connectivity index (χ1) is 26.8. The summed E-state index contributed by atoms with van der Waals surface area (Å²) in [6.07, 6.45) is 14.5. The number of fused-ring (bicyclic) bond motifs is 1. The lowest BCUT2D eigenvalue weighted by atomic mass is 9.92. The van der Waals surface area contributed by atoms with Gasteiger partial charge in [-0.25, -0.2) is 0 Å². The number of benzene rings is 3. The smallest absolute Gasteiger partial charge is 0.247 e. The van der Waals surface area contributed by atoms with Crippen molar-refractivity contribution in [1.29, 1.82) is 0 Å². The van der Waals surface area contributed by atoms with Gasteiger partial charge in [-0.05, 0) is 98.2 Å². The number of amides is 4. The molecule has 9 nitrogen and oxygen atoms in total. The van der Waals surface area contributed by atoms with Crippen LogP contribution in [0.25, 0.3) is 0 Å². The summed E-state index contributed by atoms with van der Waals surface area (Å²) in [4.78, 5) is 57.2. The summed E-state index contributed by atoms with van der Waals surface area (Å²) in [5.41, 5.74) is 7.87. The summed E-state index contributed by atoms with van der Waals surface area (Å²) in [5, 5.41) is 9.82. The highest BCUT2D eigenvalue weighted by Gasteiger charge is 2.35. The molecule has 9 heteroatoms. The number of carbonyl (C=O) groups excluding carboxylic acids is 4. The Balaban J connectivity index is 1.01. The number of piperidine rings is 1. The van der Waals surface area contributed by atoms with Crippen molar-refractivity contribution in [2.45, 2.75) is 96.4 Å². The number of nitrogens with one attached hydrogen (secondary N) is 3. The number of allylic oxidation sites excluding steroid dienone is 5. The maximum absolute atomic E-state index is 13.8. The molecule has 288 valence electrons. The van der Waals surface area contributed by atoms with Crippen molar-refractivity contribution in [3.8, 4) is 0 Å². The van der Waals surface area contributed by atoms with E-state index in [1.165, 1.54) is 5.57 Å². The summed E-state index contributed by atoms with van der Waals surface area (Å²) in [5.74, 6) is -0.575. The summed E-state index contributed by atoms with van der Waals surface area (Å²) in [6.45, 7) is 5.30. The third-order valence-electron chi connectivity index (χ3n) is 10.9. The Morgan fingerprint density at radius 3 is 2.44 bits per heavy atom. The van der Waals surface area contributed by atoms with Gasteiger partial charge in [-0.15, -0.1) is 0 Å². The van der Waals surface area contributed by atoms with Gasteiger partial charge in [0.05, 0.1) is 18.9 Å². The van der Waals surface area contributed by atoms with Crippen molar-refractivity contribution >= 4 is 35.0 Å². The average molecular weight is 742 g/mol. The normalized spacial score (nSPS) is 17.2. The fourth-order valence-electron chi connectivity index (χ4n) is 7.80. The second-order valence-corrected chi connectivity index (χ2v) is 14.8. The van der Waals surface area contributed by atoms with Gasteiger partial charge in [0.15, 0.2) is 0 Å². The Labute approximate surface area is 325 Å². The number of anilines is 2. The summed E-state index contributed by atoms with van der Waals surface area (Å²) in [6, 6.07) is 25.0. The lowest BCUT2D eigenvalue weighted by Crippen LogP contribution is -2.51. The van der Waals surface area contributed by atoms with Crippen LogP contribution in [-0.2, 0) is 32.0 Å². The molecule has 55 heavy (non-hydrogen) atoms. The van der Waals surface area contributed by atoms with E-state index < -0.39 is 6.04 Å². The van der Waals surface area contributed by atoms with Crippen molar-refractivity contribution in [1.82, 2.24) is 15.1 Å². The average Bonchev–Trinajstić information content (AvgIpc) is 3.45. The van der Waals surface area contributed by atoms with Gasteiger partial charge in [0.1, 0.15) is 6.04 Å². The highest BCUT2D eigenvalue weighted by Crippen LogP contribution is 2.33. The Morgan fingerprint density at radius 1 is 0.891 bits per heavy atom. The zero-order valence-corrected chi connectivity index (χ0v) is 32.3. The van der Waals surface area contributed by atoms with Crippen LogP contribution in [0.5, 0.6) is 0 Å².